The molecular weight excluding hydrogens is 254 g/mol. The Morgan fingerprint density at radius 3 is 2.94 bits per heavy atom. The van der Waals surface area contributed by atoms with E-state index in [0.717, 1.165) is 5.56 Å². The fourth-order valence-electron chi connectivity index (χ4n) is 1.57. The van der Waals surface area contributed by atoms with Crippen LogP contribution in [0.15, 0.2) is 23.2 Å². The average molecular weight is 265 g/mol. The van der Waals surface area contributed by atoms with Gasteiger partial charge in [0.1, 0.15) is 6.33 Å². The lowest BCUT2D eigenvalue weighted by molar-refractivity contribution is -0.383. The van der Waals surface area contributed by atoms with Crippen molar-refractivity contribution in [3.05, 3.63) is 38.8 Å². The van der Waals surface area contributed by atoms with Crippen molar-refractivity contribution in [2.45, 2.75) is 6.54 Å². The standard InChI is InChI=1S/C10H11N5O2S/c1-14(4-7-2-3-18-5-7)10-8(15(16)17)9(11)12-6-13-10/h2-3,5-6H,4H2,1H3,(H2,11,12,13). The molecule has 0 aromatic carbocycles. The minimum Gasteiger partial charge on any atom is -0.378 e. The average Bonchev–Trinajstić information content (AvgIpc) is 2.80. The quantitative estimate of drug-likeness (QED) is 0.667. The summed E-state index contributed by atoms with van der Waals surface area (Å²) in [5.74, 6) is 0.0980. The molecule has 0 spiro atoms. The summed E-state index contributed by atoms with van der Waals surface area (Å²) in [7, 11) is 1.73. The van der Waals surface area contributed by atoms with Crippen LogP contribution in [0.2, 0.25) is 0 Å². The molecule has 0 unspecified atom stereocenters. The Morgan fingerprint density at radius 1 is 1.56 bits per heavy atom. The lowest BCUT2D eigenvalue weighted by Crippen LogP contribution is -2.19. The summed E-state index contributed by atoms with van der Waals surface area (Å²) in [6.07, 6.45) is 1.22. The van der Waals surface area contributed by atoms with Gasteiger partial charge in [0.2, 0.25) is 11.6 Å². The second-order valence-corrected chi connectivity index (χ2v) is 4.46. The maximum Gasteiger partial charge on any atom is 0.353 e. The summed E-state index contributed by atoms with van der Waals surface area (Å²) < 4.78 is 0. The molecule has 2 N–H and O–H groups in total. The third-order valence-electron chi connectivity index (χ3n) is 2.38. The highest BCUT2D eigenvalue weighted by atomic mass is 32.1. The van der Waals surface area contributed by atoms with E-state index in [1.807, 2.05) is 16.8 Å². The number of nitrogens with zero attached hydrogens (tertiary/aromatic N) is 4. The first-order valence-electron chi connectivity index (χ1n) is 5.06. The summed E-state index contributed by atoms with van der Waals surface area (Å²) in [6.45, 7) is 0.529. The monoisotopic (exact) mass is 265 g/mol. The molecule has 0 atom stereocenters. The van der Waals surface area contributed by atoms with Gasteiger partial charge in [-0.2, -0.15) is 11.3 Å². The fraction of sp³-hybridized carbons (Fsp3) is 0.200. The Hall–Kier alpha value is -2.22. The van der Waals surface area contributed by atoms with Gasteiger partial charge >= 0.3 is 5.69 Å². The maximum absolute atomic E-state index is 11.0. The van der Waals surface area contributed by atoms with Gasteiger partial charge in [-0.15, -0.1) is 0 Å². The zero-order valence-electron chi connectivity index (χ0n) is 9.61. The van der Waals surface area contributed by atoms with E-state index in [9.17, 15) is 10.1 Å². The minimum atomic E-state index is -0.561. The smallest absolute Gasteiger partial charge is 0.353 e. The van der Waals surface area contributed by atoms with Gasteiger partial charge < -0.3 is 10.6 Å². The van der Waals surface area contributed by atoms with E-state index in [1.54, 1.807) is 23.3 Å². The predicted octanol–water partition coefficient (Wildman–Crippen LogP) is 1.66. The highest BCUT2D eigenvalue weighted by Crippen LogP contribution is 2.29. The Balaban J connectivity index is 2.32. The summed E-state index contributed by atoms with van der Waals surface area (Å²) >= 11 is 1.57. The van der Waals surface area contributed by atoms with Crippen molar-refractivity contribution >= 4 is 28.7 Å². The van der Waals surface area contributed by atoms with Gasteiger partial charge in [0.15, 0.2) is 0 Å². The van der Waals surface area contributed by atoms with Crippen molar-refractivity contribution in [3.63, 3.8) is 0 Å². The van der Waals surface area contributed by atoms with Gasteiger partial charge in [0.25, 0.3) is 0 Å². The van der Waals surface area contributed by atoms with Crippen LogP contribution in [0.1, 0.15) is 5.56 Å². The van der Waals surface area contributed by atoms with Crippen molar-refractivity contribution in [2.24, 2.45) is 0 Å². The van der Waals surface area contributed by atoms with Gasteiger partial charge in [-0.1, -0.05) is 0 Å². The van der Waals surface area contributed by atoms with Crippen LogP contribution in [0, 0.1) is 10.1 Å². The van der Waals surface area contributed by atoms with Gasteiger partial charge in [0.05, 0.1) is 4.92 Å². The van der Waals surface area contributed by atoms with E-state index in [2.05, 4.69) is 9.97 Å². The summed E-state index contributed by atoms with van der Waals surface area (Å²) in [4.78, 5) is 19.7. The molecule has 18 heavy (non-hydrogen) atoms. The molecule has 0 aliphatic carbocycles. The number of aromatic nitrogens is 2. The molecule has 0 saturated heterocycles. The molecule has 2 aromatic rings. The topological polar surface area (TPSA) is 98.2 Å². The van der Waals surface area contributed by atoms with Crippen molar-refractivity contribution in [1.29, 1.82) is 0 Å². The first-order valence-corrected chi connectivity index (χ1v) is 6.01. The van der Waals surface area contributed by atoms with Gasteiger partial charge in [0, 0.05) is 13.6 Å². The van der Waals surface area contributed by atoms with Crippen LogP contribution in [0.25, 0.3) is 0 Å². The number of thiophene rings is 1. The minimum absolute atomic E-state index is 0.123. The molecular formula is C10H11N5O2S. The number of nitro groups is 1. The highest BCUT2D eigenvalue weighted by Gasteiger charge is 2.23. The lowest BCUT2D eigenvalue weighted by Gasteiger charge is -2.17. The van der Waals surface area contributed by atoms with E-state index in [0.29, 0.717) is 6.54 Å². The molecule has 2 heterocycles. The van der Waals surface area contributed by atoms with Crippen molar-refractivity contribution < 1.29 is 4.92 Å². The summed E-state index contributed by atoms with van der Waals surface area (Å²) in [5, 5.41) is 14.9. The molecule has 0 bridgehead atoms. The first-order chi connectivity index (χ1) is 8.59. The summed E-state index contributed by atoms with van der Waals surface area (Å²) in [5.41, 5.74) is 6.33. The third-order valence-corrected chi connectivity index (χ3v) is 3.11. The third kappa shape index (κ3) is 2.38. The van der Waals surface area contributed by atoms with Crippen LogP contribution in [-0.2, 0) is 6.54 Å². The Kier molecular flexibility index (Phi) is 3.38. The largest absolute Gasteiger partial charge is 0.378 e. The van der Waals surface area contributed by atoms with Crippen LogP contribution >= 0.6 is 11.3 Å². The predicted molar refractivity (Wildman–Crippen MR) is 69.5 cm³/mol. The molecule has 0 amide bonds. The molecule has 94 valence electrons. The van der Waals surface area contributed by atoms with Crippen molar-refractivity contribution in [2.75, 3.05) is 17.7 Å². The molecule has 0 fully saturated rings. The van der Waals surface area contributed by atoms with Crippen LogP contribution in [0.4, 0.5) is 17.3 Å². The van der Waals surface area contributed by atoms with E-state index in [-0.39, 0.29) is 17.3 Å². The zero-order chi connectivity index (χ0) is 13.1. The molecule has 7 nitrogen and oxygen atoms in total. The zero-order valence-corrected chi connectivity index (χ0v) is 10.4. The molecule has 0 saturated carbocycles. The second kappa shape index (κ2) is 4.96. The van der Waals surface area contributed by atoms with Crippen LogP contribution in [0.5, 0.6) is 0 Å². The number of hydrogen-bond acceptors (Lipinski definition) is 7. The Bertz CT molecular complexity index is 557. The van der Waals surface area contributed by atoms with E-state index in [4.69, 9.17) is 5.73 Å². The SMILES string of the molecule is CN(Cc1ccsc1)c1ncnc(N)c1[N+](=O)[O-]. The molecule has 0 aliphatic rings. The van der Waals surface area contributed by atoms with Gasteiger partial charge in [-0.05, 0) is 22.4 Å². The van der Waals surface area contributed by atoms with Crippen LogP contribution < -0.4 is 10.6 Å². The van der Waals surface area contributed by atoms with Crippen LogP contribution in [0.3, 0.4) is 0 Å². The maximum atomic E-state index is 11.0. The number of nitrogen functional groups attached to an aromatic ring is 1. The number of hydrogen-bond donors (Lipinski definition) is 1. The second-order valence-electron chi connectivity index (χ2n) is 3.68. The van der Waals surface area contributed by atoms with E-state index < -0.39 is 4.92 Å². The Morgan fingerprint density at radius 2 is 2.33 bits per heavy atom. The Labute approximate surface area is 107 Å². The van der Waals surface area contributed by atoms with Crippen molar-refractivity contribution in [1.82, 2.24) is 9.97 Å². The number of rotatable bonds is 4. The van der Waals surface area contributed by atoms with Crippen LogP contribution in [-0.4, -0.2) is 21.9 Å². The molecule has 8 heteroatoms. The fourth-order valence-corrected chi connectivity index (χ4v) is 2.23. The molecule has 0 aliphatic heterocycles. The van der Waals surface area contributed by atoms with E-state index in [1.165, 1.54) is 6.33 Å². The number of nitrogens with two attached hydrogens (primary N) is 1. The number of anilines is 2. The molecule has 2 aromatic heterocycles. The lowest BCUT2D eigenvalue weighted by atomic mass is 10.3. The normalized spacial score (nSPS) is 10.3. The van der Waals surface area contributed by atoms with Gasteiger partial charge in [-0.3, -0.25) is 10.1 Å². The molecule has 2 rings (SSSR count). The first kappa shape index (κ1) is 12.2. The van der Waals surface area contributed by atoms with Crippen molar-refractivity contribution in [3.8, 4) is 0 Å². The van der Waals surface area contributed by atoms with Gasteiger partial charge in [-0.25, -0.2) is 9.97 Å². The van der Waals surface area contributed by atoms with E-state index >= 15 is 0 Å². The highest BCUT2D eigenvalue weighted by molar-refractivity contribution is 7.07. The molecule has 0 radical (unpaired) electrons. The summed E-state index contributed by atoms with van der Waals surface area (Å²) in [6, 6.07) is 1.96.